The van der Waals surface area contributed by atoms with Crippen molar-refractivity contribution in [1.29, 1.82) is 0 Å². The van der Waals surface area contributed by atoms with Crippen molar-refractivity contribution in [2.24, 2.45) is 0 Å². The molecule has 0 aliphatic carbocycles. The number of hydrogen-bond acceptors (Lipinski definition) is 17. The minimum absolute atomic E-state index is 0.201. The van der Waals surface area contributed by atoms with Crippen molar-refractivity contribution >= 4 is 10.4 Å². The highest BCUT2D eigenvalue weighted by Crippen LogP contribution is 2.00. The van der Waals surface area contributed by atoms with Crippen molar-refractivity contribution in [3.63, 3.8) is 0 Å². The third-order valence-corrected chi connectivity index (χ3v) is 7.21. The van der Waals surface area contributed by atoms with Gasteiger partial charge >= 0.3 is 10.4 Å². The fraction of sp³-hybridized carbons (Fsp3) is 1.00. The highest BCUT2D eigenvalue weighted by atomic mass is 32.3. The van der Waals surface area contributed by atoms with Crippen LogP contribution < -0.4 is 0 Å². The van der Waals surface area contributed by atoms with E-state index in [1.165, 1.54) is 38.5 Å². The molecule has 0 bridgehead atoms. The molecule has 20 heteroatoms. The average molecular weight is 903 g/mol. The van der Waals surface area contributed by atoms with E-state index in [0.717, 1.165) is 26.1 Å². The Kier molecular flexibility index (Phi) is 61.7. The normalized spacial score (nSPS) is 11.9. The molecule has 0 aliphatic rings. The van der Waals surface area contributed by atoms with Gasteiger partial charge < -0.3 is 71.4 Å². The van der Waals surface area contributed by atoms with Crippen LogP contribution in [0.15, 0.2) is 0 Å². The van der Waals surface area contributed by atoms with Gasteiger partial charge in [0.1, 0.15) is 0 Å². The van der Waals surface area contributed by atoms with Gasteiger partial charge in [-0.15, -0.1) is 0 Å². The van der Waals surface area contributed by atoms with Crippen LogP contribution in [0.2, 0.25) is 0 Å². The molecule has 0 saturated heterocycles. The number of aliphatic hydroxyl groups excluding tert-OH is 1. The lowest BCUT2D eigenvalue weighted by molar-refractivity contribution is -0.147. The van der Waals surface area contributed by atoms with Crippen molar-refractivity contribution in [3.05, 3.63) is 0 Å². The van der Waals surface area contributed by atoms with Gasteiger partial charge in [-0.05, 0) is 26.7 Å². The van der Waals surface area contributed by atoms with Gasteiger partial charge in [0.2, 0.25) is 0 Å². The number of unbranched alkanes of at least 4 members (excludes halogenated alkanes) is 6. The Labute approximate surface area is 362 Å². The van der Waals surface area contributed by atoms with E-state index in [4.69, 9.17) is 83.8 Å². The summed E-state index contributed by atoms with van der Waals surface area (Å²) in [5, 5.41) is 9.61. The predicted molar refractivity (Wildman–Crippen MR) is 226 cm³/mol. The molecule has 0 rings (SSSR count). The van der Waals surface area contributed by atoms with Crippen molar-refractivity contribution < 1.29 is 88.9 Å². The van der Waals surface area contributed by atoms with E-state index in [1.807, 2.05) is 13.8 Å². The number of hydrogen-bond donors (Lipinski definition) is 3. The second kappa shape index (κ2) is 58.3. The summed E-state index contributed by atoms with van der Waals surface area (Å²) in [6.45, 7) is 23.7. The van der Waals surface area contributed by atoms with Crippen molar-refractivity contribution in [2.45, 2.75) is 85.4 Å². The Morgan fingerprint density at radius 1 is 0.333 bits per heavy atom. The lowest BCUT2D eigenvalue weighted by Crippen LogP contribution is -2.22. The van der Waals surface area contributed by atoms with Gasteiger partial charge in [0.05, 0.1) is 152 Å². The summed E-state index contributed by atoms with van der Waals surface area (Å²) in [4.78, 5) is 0. The van der Waals surface area contributed by atoms with Crippen LogP contribution in [-0.4, -0.2) is 207 Å². The topological polar surface area (TPSA) is 224 Å². The van der Waals surface area contributed by atoms with Crippen LogP contribution in [0.3, 0.4) is 0 Å². The van der Waals surface area contributed by atoms with Gasteiger partial charge in [0.15, 0.2) is 6.29 Å². The molecular weight excluding hydrogens is 816 g/mol. The fourth-order valence-electron chi connectivity index (χ4n) is 4.22. The van der Waals surface area contributed by atoms with Crippen LogP contribution in [0.25, 0.3) is 0 Å². The van der Waals surface area contributed by atoms with Crippen LogP contribution in [0.1, 0.15) is 79.1 Å². The molecule has 0 saturated carbocycles. The molecule has 0 heterocycles. The Morgan fingerprint density at radius 2 is 0.567 bits per heavy atom. The first-order valence-corrected chi connectivity index (χ1v) is 23.1. The minimum Gasteiger partial charge on any atom is -0.379 e. The van der Waals surface area contributed by atoms with Gasteiger partial charge in [-0.2, -0.15) is 8.42 Å². The Bertz CT molecular complexity index is 816. The van der Waals surface area contributed by atoms with Gasteiger partial charge in [-0.3, -0.25) is 9.11 Å². The Morgan fingerprint density at radius 3 is 0.833 bits per heavy atom. The molecule has 3 N–H and O–H groups in total. The summed E-state index contributed by atoms with van der Waals surface area (Å²) < 4.78 is 106. The van der Waals surface area contributed by atoms with Crippen LogP contribution in [-0.2, 0) is 76.7 Å². The summed E-state index contributed by atoms with van der Waals surface area (Å²) in [5.41, 5.74) is 0. The second-order valence-electron chi connectivity index (χ2n) is 12.5. The summed E-state index contributed by atoms with van der Waals surface area (Å²) in [5.74, 6) is 0. The van der Waals surface area contributed by atoms with E-state index in [9.17, 15) is 5.11 Å². The molecule has 19 nitrogen and oxygen atoms in total. The number of rotatable bonds is 48. The highest BCUT2D eigenvalue weighted by molar-refractivity contribution is 7.79. The molecule has 60 heavy (non-hydrogen) atoms. The zero-order valence-corrected chi connectivity index (χ0v) is 38.4. The maximum Gasteiger partial charge on any atom is 0.394 e. The smallest absolute Gasteiger partial charge is 0.379 e. The summed E-state index contributed by atoms with van der Waals surface area (Å²) in [7, 11) is -4.67. The van der Waals surface area contributed by atoms with E-state index >= 15 is 0 Å². The lowest BCUT2D eigenvalue weighted by Gasteiger charge is -2.12. The zero-order chi connectivity index (χ0) is 44.7. The molecular formula is C40H86O19S. The SMILES string of the molecule is CCCCCCOCC(O)OCCOCCOCCOCCOCCOCC.CCCCCCOCCOCCOCCOCCOCCOCCOCC.O=S(=O)(O)O. The van der Waals surface area contributed by atoms with E-state index in [-0.39, 0.29) is 6.61 Å². The molecule has 0 aliphatic heterocycles. The van der Waals surface area contributed by atoms with Crippen molar-refractivity contribution in [3.8, 4) is 0 Å². The van der Waals surface area contributed by atoms with Gasteiger partial charge in [-0.25, -0.2) is 0 Å². The predicted octanol–water partition coefficient (Wildman–Crippen LogP) is 4.07. The van der Waals surface area contributed by atoms with E-state index in [0.29, 0.717) is 159 Å². The third kappa shape index (κ3) is 74.7. The first kappa shape index (κ1) is 63.6. The molecule has 0 aromatic rings. The standard InChI is InChI=1S/C20H42O8.C20H42O7.H2O4S/c1-3-5-6-7-8-27-19-20(21)28-18-17-26-16-15-25-14-13-24-12-11-23-10-9-22-4-2;1-3-5-6-7-8-22-11-12-24-15-16-26-19-20-27-18-17-25-14-13-23-10-9-21-4-2;1-5(2,3)4/h20-21H,3-19H2,1-2H3;3-20H2,1-2H3;(H2,1,2,3,4). The molecule has 1 unspecified atom stereocenters. The highest BCUT2D eigenvalue weighted by Gasteiger charge is 2.04. The van der Waals surface area contributed by atoms with Gasteiger partial charge in [0, 0.05) is 26.4 Å². The quantitative estimate of drug-likeness (QED) is 0.0445. The second-order valence-corrected chi connectivity index (χ2v) is 13.4. The Hall–Kier alpha value is -0.730. The summed E-state index contributed by atoms with van der Waals surface area (Å²) in [6, 6.07) is 0. The van der Waals surface area contributed by atoms with Gasteiger partial charge in [0.25, 0.3) is 0 Å². The zero-order valence-electron chi connectivity index (χ0n) is 37.6. The lowest BCUT2D eigenvalue weighted by atomic mass is 10.2. The maximum absolute atomic E-state index is 9.61. The van der Waals surface area contributed by atoms with E-state index in [1.54, 1.807) is 0 Å². The first-order valence-electron chi connectivity index (χ1n) is 21.7. The molecule has 0 radical (unpaired) electrons. The fourth-order valence-corrected chi connectivity index (χ4v) is 4.22. The van der Waals surface area contributed by atoms with Crippen LogP contribution >= 0.6 is 0 Å². The minimum atomic E-state index is -4.67. The van der Waals surface area contributed by atoms with E-state index in [2.05, 4.69) is 13.8 Å². The molecule has 0 amide bonds. The largest absolute Gasteiger partial charge is 0.394 e. The van der Waals surface area contributed by atoms with Crippen molar-refractivity contribution in [1.82, 2.24) is 0 Å². The van der Waals surface area contributed by atoms with Crippen LogP contribution in [0.5, 0.6) is 0 Å². The molecule has 0 spiro atoms. The Balaban J connectivity index is -0.000000971. The molecule has 0 aromatic heterocycles. The average Bonchev–Trinajstić information content (AvgIpc) is 3.22. The molecule has 1 atom stereocenters. The maximum atomic E-state index is 9.61. The number of aliphatic hydroxyl groups is 1. The van der Waals surface area contributed by atoms with Crippen molar-refractivity contribution in [2.75, 3.05) is 178 Å². The van der Waals surface area contributed by atoms with Crippen LogP contribution in [0, 0.1) is 0 Å². The molecule has 0 fully saturated rings. The molecule has 0 aromatic carbocycles. The monoisotopic (exact) mass is 903 g/mol. The third-order valence-electron chi connectivity index (χ3n) is 7.21. The van der Waals surface area contributed by atoms with E-state index < -0.39 is 16.7 Å². The molecule has 366 valence electrons. The summed E-state index contributed by atoms with van der Waals surface area (Å²) >= 11 is 0. The first-order chi connectivity index (χ1) is 29.2. The summed E-state index contributed by atoms with van der Waals surface area (Å²) in [6.07, 6.45) is 8.66. The number of ether oxygens (including phenoxy) is 14. The van der Waals surface area contributed by atoms with Crippen LogP contribution in [0.4, 0.5) is 0 Å². The van der Waals surface area contributed by atoms with Gasteiger partial charge in [-0.1, -0.05) is 52.4 Å².